The summed E-state index contributed by atoms with van der Waals surface area (Å²) in [6, 6.07) is 1.97. The van der Waals surface area contributed by atoms with Gasteiger partial charge in [-0.1, -0.05) is 13.8 Å². The molecule has 0 saturated heterocycles. The van der Waals surface area contributed by atoms with E-state index in [9.17, 15) is 4.79 Å². The van der Waals surface area contributed by atoms with Crippen molar-refractivity contribution in [1.82, 2.24) is 9.55 Å². The molecule has 2 aromatic heterocycles. The molecule has 2 heterocycles. The number of nitrogens with one attached hydrogen (secondary N) is 1. The van der Waals surface area contributed by atoms with Gasteiger partial charge in [0.1, 0.15) is 5.52 Å². The van der Waals surface area contributed by atoms with Crippen molar-refractivity contribution >= 4 is 10.9 Å². The summed E-state index contributed by atoms with van der Waals surface area (Å²) in [4.78, 5) is 14.4. The highest BCUT2D eigenvalue weighted by atomic mass is 16.1. The summed E-state index contributed by atoms with van der Waals surface area (Å²) < 4.78 is 2.01. The van der Waals surface area contributed by atoms with Crippen molar-refractivity contribution in [3.8, 4) is 0 Å². The molecule has 3 nitrogen and oxygen atoms in total. The van der Waals surface area contributed by atoms with E-state index in [-0.39, 0.29) is 5.56 Å². The van der Waals surface area contributed by atoms with E-state index in [2.05, 4.69) is 25.8 Å². The monoisotopic (exact) mass is 204 g/mol. The van der Waals surface area contributed by atoms with Crippen molar-refractivity contribution in [3.05, 3.63) is 33.9 Å². The summed E-state index contributed by atoms with van der Waals surface area (Å²) in [6.07, 6.45) is 1.71. The van der Waals surface area contributed by atoms with Crippen LogP contribution in [0.25, 0.3) is 10.9 Å². The molecule has 0 atom stereocenters. The van der Waals surface area contributed by atoms with Crippen LogP contribution in [0.1, 0.15) is 31.0 Å². The van der Waals surface area contributed by atoms with Crippen LogP contribution in [0.15, 0.2) is 17.1 Å². The SMILES string of the molecule is Cc1c(C(C)C)n(C)c2c(=O)[nH]ccc12. The maximum absolute atomic E-state index is 11.7. The lowest BCUT2D eigenvalue weighted by atomic mass is 10.1. The maximum Gasteiger partial charge on any atom is 0.272 e. The molecule has 0 aromatic carbocycles. The highest BCUT2D eigenvalue weighted by Gasteiger charge is 2.15. The molecule has 2 aromatic rings. The molecule has 0 spiro atoms. The van der Waals surface area contributed by atoms with Gasteiger partial charge in [0, 0.05) is 24.3 Å². The summed E-state index contributed by atoms with van der Waals surface area (Å²) in [6.45, 7) is 6.38. The van der Waals surface area contributed by atoms with Crippen LogP contribution in [0.5, 0.6) is 0 Å². The third-order valence-corrected chi connectivity index (χ3v) is 2.97. The number of hydrogen-bond donors (Lipinski definition) is 1. The van der Waals surface area contributed by atoms with Crippen molar-refractivity contribution in [2.24, 2.45) is 7.05 Å². The van der Waals surface area contributed by atoms with Crippen molar-refractivity contribution < 1.29 is 0 Å². The molecule has 0 saturated carbocycles. The molecule has 80 valence electrons. The summed E-state index contributed by atoms with van der Waals surface area (Å²) in [5.41, 5.74) is 3.22. The summed E-state index contributed by atoms with van der Waals surface area (Å²) >= 11 is 0. The number of fused-ring (bicyclic) bond motifs is 1. The molecule has 2 rings (SSSR count). The number of H-pyrrole nitrogens is 1. The second kappa shape index (κ2) is 3.26. The van der Waals surface area contributed by atoms with Gasteiger partial charge in [0.25, 0.3) is 5.56 Å². The fraction of sp³-hybridized carbons (Fsp3) is 0.417. The van der Waals surface area contributed by atoms with Crippen molar-refractivity contribution in [2.75, 3.05) is 0 Å². The first-order valence-corrected chi connectivity index (χ1v) is 5.20. The lowest BCUT2D eigenvalue weighted by Gasteiger charge is -2.08. The molecule has 0 amide bonds. The van der Waals surface area contributed by atoms with E-state index in [1.165, 1.54) is 11.3 Å². The molecular formula is C12H16N2O. The molecule has 0 bridgehead atoms. The Balaban J connectivity index is 2.98. The molecule has 0 aliphatic heterocycles. The molecule has 15 heavy (non-hydrogen) atoms. The zero-order chi connectivity index (χ0) is 11.2. The summed E-state index contributed by atoms with van der Waals surface area (Å²) in [5, 5.41) is 1.06. The molecule has 1 N–H and O–H groups in total. The predicted octanol–water partition coefficient (Wildman–Crippen LogP) is 2.30. The molecular weight excluding hydrogens is 188 g/mol. The van der Waals surface area contributed by atoms with E-state index in [1.807, 2.05) is 17.7 Å². The molecule has 0 fully saturated rings. The van der Waals surface area contributed by atoms with Crippen molar-refractivity contribution in [2.45, 2.75) is 26.7 Å². The van der Waals surface area contributed by atoms with E-state index in [0.717, 1.165) is 10.9 Å². The zero-order valence-electron chi connectivity index (χ0n) is 9.59. The van der Waals surface area contributed by atoms with E-state index in [4.69, 9.17) is 0 Å². The third-order valence-electron chi connectivity index (χ3n) is 2.97. The molecule has 0 unspecified atom stereocenters. The number of aryl methyl sites for hydroxylation is 2. The first-order valence-electron chi connectivity index (χ1n) is 5.20. The largest absolute Gasteiger partial charge is 0.343 e. The van der Waals surface area contributed by atoms with Gasteiger partial charge in [0.05, 0.1) is 0 Å². The van der Waals surface area contributed by atoms with Gasteiger partial charge >= 0.3 is 0 Å². The number of aromatic amines is 1. The Bertz CT molecular complexity index is 561. The van der Waals surface area contributed by atoms with E-state index < -0.39 is 0 Å². The minimum Gasteiger partial charge on any atom is -0.343 e. The van der Waals surface area contributed by atoms with Gasteiger partial charge in [-0.05, 0) is 24.5 Å². The lowest BCUT2D eigenvalue weighted by Crippen LogP contribution is -2.09. The smallest absolute Gasteiger partial charge is 0.272 e. The molecule has 0 aliphatic carbocycles. The molecule has 3 heteroatoms. The highest BCUT2D eigenvalue weighted by Crippen LogP contribution is 2.27. The van der Waals surface area contributed by atoms with Crippen molar-refractivity contribution in [1.29, 1.82) is 0 Å². The Morgan fingerprint density at radius 1 is 1.40 bits per heavy atom. The second-order valence-electron chi connectivity index (χ2n) is 4.29. The zero-order valence-corrected chi connectivity index (χ0v) is 9.59. The van der Waals surface area contributed by atoms with E-state index >= 15 is 0 Å². The van der Waals surface area contributed by atoms with Gasteiger partial charge in [-0.2, -0.15) is 0 Å². The van der Waals surface area contributed by atoms with Crippen LogP contribution >= 0.6 is 0 Å². The highest BCUT2D eigenvalue weighted by molar-refractivity contribution is 5.84. The minimum absolute atomic E-state index is 0.00926. The Morgan fingerprint density at radius 2 is 2.07 bits per heavy atom. The van der Waals surface area contributed by atoms with Gasteiger partial charge in [0.2, 0.25) is 0 Å². The first kappa shape index (κ1) is 10.0. The van der Waals surface area contributed by atoms with Crippen LogP contribution in [0.3, 0.4) is 0 Å². The van der Waals surface area contributed by atoms with Gasteiger partial charge in [-0.25, -0.2) is 0 Å². The van der Waals surface area contributed by atoms with Gasteiger partial charge in [0.15, 0.2) is 0 Å². The topological polar surface area (TPSA) is 37.8 Å². The van der Waals surface area contributed by atoms with Gasteiger partial charge in [-0.3, -0.25) is 4.79 Å². The first-order chi connectivity index (χ1) is 7.04. The van der Waals surface area contributed by atoms with Crippen LogP contribution in [-0.4, -0.2) is 9.55 Å². The van der Waals surface area contributed by atoms with Crippen LogP contribution in [0.4, 0.5) is 0 Å². The second-order valence-corrected chi connectivity index (χ2v) is 4.29. The van der Waals surface area contributed by atoms with E-state index in [1.54, 1.807) is 6.20 Å². The maximum atomic E-state index is 11.7. The van der Waals surface area contributed by atoms with Crippen LogP contribution in [0, 0.1) is 6.92 Å². The predicted molar refractivity (Wildman–Crippen MR) is 62.4 cm³/mol. The average molecular weight is 204 g/mol. The average Bonchev–Trinajstić information content (AvgIpc) is 2.40. The van der Waals surface area contributed by atoms with Crippen LogP contribution < -0.4 is 5.56 Å². The van der Waals surface area contributed by atoms with Crippen molar-refractivity contribution in [3.63, 3.8) is 0 Å². The Morgan fingerprint density at radius 3 is 2.60 bits per heavy atom. The Hall–Kier alpha value is -1.51. The fourth-order valence-electron chi connectivity index (χ4n) is 2.44. The third kappa shape index (κ3) is 1.30. The summed E-state index contributed by atoms with van der Waals surface area (Å²) in [7, 11) is 1.96. The van der Waals surface area contributed by atoms with Gasteiger partial charge in [-0.15, -0.1) is 0 Å². The lowest BCUT2D eigenvalue weighted by molar-refractivity contribution is 0.746. The summed E-state index contributed by atoms with van der Waals surface area (Å²) in [5.74, 6) is 0.432. The van der Waals surface area contributed by atoms with E-state index in [0.29, 0.717) is 5.92 Å². The fourth-order valence-corrected chi connectivity index (χ4v) is 2.44. The standard InChI is InChI=1S/C12H16N2O/c1-7(2)10-8(3)9-5-6-13-12(15)11(9)14(10)4/h5-7H,1-4H3,(H,13,15). The minimum atomic E-state index is -0.00926. The quantitative estimate of drug-likeness (QED) is 0.760. The van der Waals surface area contributed by atoms with Crippen LogP contribution in [0.2, 0.25) is 0 Å². The normalized spacial score (nSPS) is 11.5. The Labute approximate surface area is 88.7 Å². The van der Waals surface area contributed by atoms with Gasteiger partial charge < -0.3 is 9.55 Å². The number of nitrogens with zero attached hydrogens (tertiary/aromatic N) is 1. The molecule has 0 aliphatic rings. The number of aromatic nitrogens is 2. The molecule has 0 radical (unpaired) electrons. The Kier molecular flexibility index (Phi) is 2.18. The van der Waals surface area contributed by atoms with Crippen LogP contribution in [-0.2, 0) is 7.05 Å². The number of hydrogen-bond acceptors (Lipinski definition) is 1. The number of pyridine rings is 1. The number of rotatable bonds is 1.